The van der Waals surface area contributed by atoms with Gasteiger partial charge in [-0.15, -0.1) is 0 Å². The molecular weight excluding hydrogens is 316 g/mol. The third-order valence-electron chi connectivity index (χ3n) is 5.12. The molecule has 0 spiro atoms. The van der Waals surface area contributed by atoms with Crippen LogP contribution in [0.2, 0.25) is 0 Å². The number of aromatic nitrogens is 2. The minimum absolute atomic E-state index is 0.0194. The maximum Gasteiger partial charge on any atom is 0.254 e. The van der Waals surface area contributed by atoms with Crippen molar-refractivity contribution in [3.63, 3.8) is 0 Å². The van der Waals surface area contributed by atoms with Crippen molar-refractivity contribution in [2.75, 3.05) is 26.2 Å². The molecule has 1 saturated heterocycles. The SMILES string of the molecule is CC(C)Cn1ncc(C(=O)NCCCN2CCC(O)CC2)c1C1CC1. The number of carbonyl (C=O) groups is 1. The fraction of sp³-hybridized carbons (Fsp3) is 0.789. The van der Waals surface area contributed by atoms with Crippen molar-refractivity contribution < 1.29 is 9.90 Å². The normalized spacial score (nSPS) is 19.5. The molecule has 1 amide bonds. The average molecular weight is 348 g/mol. The Morgan fingerprint density at radius 3 is 2.68 bits per heavy atom. The lowest BCUT2D eigenvalue weighted by Crippen LogP contribution is -2.37. The topological polar surface area (TPSA) is 70.4 Å². The van der Waals surface area contributed by atoms with Crippen molar-refractivity contribution in [1.29, 1.82) is 0 Å². The number of piperidine rings is 1. The Labute approximate surface area is 150 Å². The predicted octanol–water partition coefficient (Wildman–Crippen LogP) is 1.99. The lowest BCUT2D eigenvalue weighted by atomic mass is 10.1. The van der Waals surface area contributed by atoms with E-state index >= 15 is 0 Å². The number of aliphatic hydroxyl groups is 1. The quantitative estimate of drug-likeness (QED) is 0.705. The number of nitrogens with zero attached hydrogens (tertiary/aromatic N) is 3. The van der Waals surface area contributed by atoms with Crippen LogP contribution in [0.5, 0.6) is 0 Å². The molecule has 1 aromatic heterocycles. The Kier molecular flexibility index (Phi) is 6.12. The molecule has 0 radical (unpaired) electrons. The molecule has 1 saturated carbocycles. The van der Waals surface area contributed by atoms with Crippen molar-refractivity contribution in [2.24, 2.45) is 5.92 Å². The highest BCUT2D eigenvalue weighted by molar-refractivity contribution is 5.95. The van der Waals surface area contributed by atoms with Gasteiger partial charge in [-0.05, 0) is 44.6 Å². The number of amides is 1. The molecule has 25 heavy (non-hydrogen) atoms. The van der Waals surface area contributed by atoms with E-state index in [0.717, 1.165) is 56.7 Å². The van der Waals surface area contributed by atoms with Gasteiger partial charge in [-0.1, -0.05) is 13.8 Å². The first-order valence-electron chi connectivity index (χ1n) is 9.79. The smallest absolute Gasteiger partial charge is 0.254 e. The van der Waals surface area contributed by atoms with E-state index in [-0.39, 0.29) is 12.0 Å². The summed E-state index contributed by atoms with van der Waals surface area (Å²) in [6.07, 6.45) is 6.64. The zero-order valence-electron chi connectivity index (χ0n) is 15.6. The van der Waals surface area contributed by atoms with E-state index in [1.165, 1.54) is 12.8 Å². The van der Waals surface area contributed by atoms with Crippen LogP contribution < -0.4 is 5.32 Å². The molecule has 3 rings (SSSR count). The van der Waals surface area contributed by atoms with E-state index in [0.29, 0.717) is 18.4 Å². The molecule has 2 N–H and O–H groups in total. The fourth-order valence-electron chi connectivity index (χ4n) is 3.59. The monoisotopic (exact) mass is 348 g/mol. The van der Waals surface area contributed by atoms with Gasteiger partial charge in [0.1, 0.15) is 0 Å². The van der Waals surface area contributed by atoms with Gasteiger partial charge in [0.05, 0.1) is 23.6 Å². The number of hydrogen-bond acceptors (Lipinski definition) is 4. The van der Waals surface area contributed by atoms with E-state index < -0.39 is 0 Å². The number of rotatable bonds is 8. The molecular formula is C19H32N4O2. The van der Waals surface area contributed by atoms with Gasteiger partial charge in [0.15, 0.2) is 0 Å². The van der Waals surface area contributed by atoms with Gasteiger partial charge >= 0.3 is 0 Å². The van der Waals surface area contributed by atoms with E-state index in [9.17, 15) is 9.90 Å². The van der Waals surface area contributed by atoms with Crippen LogP contribution >= 0.6 is 0 Å². The summed E-state index contributed by atoms with van der Waals surface area (Å²) in [6.45, 7) is 8.83. The highest BCUT2D eigenvalue weighted by Crippen LogP contribution is 2.41. The maximum absolute atomic E-state index is 12.6. The third-order valence-corrected chi connectivity index (χ3v) is 5.12. The molecule has 0 bridgehead atoms. The molecule has 1 aliphatic heterocycles. The van der Waals surface area contributed by atoms with Crippen LogP contribution in [0.4, 0.5) is 0 Å². The minimum atomic E-state index is -0.126. The molecule has 0 aromatic carbocycles. The second-order valence-corrected chi connectivity index (χ2v) is 7.98. The van der Waals surface area contributed by atoms with Crippen LogP contribution in [0.15, 0.2) is 6.20 Å². The molecule has 140 valence electrons. The molecule has 6 nitrogen and oxygen atoms in total. The van der Waals surface area contributed by atoms with Crippen molar-refractivity contribution in [3.05, 3.63) is 17.5 Å². The summed E-state index contributed by atoms with van der Waals surface area (Å²) in [4.78, 5) is 15.0. The second-order valence-electron chi connectivity index (χ2n) is 7.98. The first kappa shape index (κ1) is 18.4. The van der Waals surface area contributed by atoms with Crippen LogP contribution in [-0.4, -0.2) is 58.0 Å². The van der Waals surface area contributed by atoms with E-state index in [1.807, 2.05) is 4.68 Å². The van der Waals surface area contributed by atoms with Crippen LogP contribution in [-0.2, 0) is 6.54 Å². The van der Waals surface area contributed by atoms with Crippen molar-refractivity contribution in [2.45, 2.75) is 64.5 Å². The predicted molar refractivity (Wildman–Crippen MR) is 97.7 cm³/mol. The zero-order valence-corrected chi connectivity index (χ0v) is 15.6. The van der Waals surface area contributed by atoms with E-state index in [2.05, 4.69) is 29.2 Å². The molecule has 2 fully saturated rings. The summed E-state index contributed by atoms with van der Waals surface area (Å²) >= 11 is 0. The van der Waals surface area contributed by atoms with Gasteiger partial charge in [-0.25, -0.2) is 0 Å². The molecule has 2 aliphatic rings. The van der Waals surface area contributed by atoms with Crippen molar-refractivity contribution >= 4 is 5.91 Å². The lowest BCUT2D eigenvalue weighted by molar-refractivity contribution is 0.0816. The zero-order chi connectivity index (χ0) is 17.8. The molecule has 6 heteroatoms. The highest BCUT2D eigenvalue weighted by atomic mass is 16.3. The number of nitrogens with one attached hydrogen (secondary N) is 1. The lowest BCUT2D eigenvalue weighted by Gasteiger charge is -2.29. The van der Waals surface area contributed by atoms with Crippen LogP contribution in [0, 0.1) is 5.92 Å². The Morgan fingerprint density at radius 1 is 1.32 bits per heavy atom. The Balaban J connectivity index is 1.47. The summed E-state index contributed by atoms with van der Waals surface area (Å²) in [5.74, 6) is 1.06. The second kappa shape index (κ2) is 8.32. The highest BCUT2D eigenvalue weighted by Gasteiger charge is 2.32. The number of carbonyl (C=O) groups excluding carboxylic acids is 1. The largest absolute Gasteiger partial charge is 0.393 e. The molecule has 0 atom stereocenters. The molecule has 0 unspecified atom stereocenters. The Morgan fingerprint density at radius 2 is 2.04 bits per heavy atom. The first-order valence-corrected chi connectivity index (χ1v) is 9.79. The summed E-state index contributed by atoms with van der Waals surface area (Å²) < 4.78 is 2.04. The van der Waals surface area contributed by atoms with E-state index in [1.54, 1.807) is 6.20 Å². The van der Waals surface area contributed by atoms with E-state index in [4.69, 9.17) is 0 Å². The van der Waals surface area contributed by atoms with Crippen LogP contribution in [0.25, 0.3) is 0 Å². The third kappa shape index (κ3) is 5.05. The first-order chi connectivity index (χ1) is 12.0. The number of hydrogen-bond donors (Lipinski definition) is 2. The fourth-order valence-corrected chi connectivity index (χ4v) is 3.59. The maximum atomic E-state index is 12.6. The summed E-state index contributed by atoms with van der Waals surface area (Å²) in [5.41, 5.74) is 1.90. The van der Waals surface area contributed by atoms with Gasteiger partial charge in [-0.2, -0.15) is 5.10 Å². The molecule has 1 aliphatic carbocycles. The summed E-state index contributed by atoms with van der Waals surface area (Å²) in [6, 6.07) is 0. The number of likely N-dealkylation sites (tertiary alicyclic amines) is 1. The summed E-state index contributed by atoms with van der Waals surface area (Å²) in [7, 11) is 0. The van der Waals surface area contributed by atoms with Crippen molar-refractivity contribution in [1.82, 2.24) is 20.0 Å². The molecule has 2 heterocycles. The summed E-state index contributed by atoms with van der Waals surface area (Å²) in [5, 5.41) is 17.1. The van der Waals surface area contributed by atoms with Crippen LogP contribution in [0.3, 0.4) is 0 Å². The standard InChI is InChI=1S/C19H32N4O2/c1-14(2)13-23-18(15-4-5-15)17(12-21-23)19(25)20-8-3-9-22-10-6-16(24)7-11-22/h12,14-16,24H,3-11,13H2,1-2H3,(H,20,25). The van der Waals surface area contributed by atoms with Gasteiger partial charge in [0, 0.05) is 32.1 Å². The van der Waals surface area contributed by atoms with Gasteiger partial charge in [0.2, 0.25) is 0 Å². The number of aliphatic hydroxyl groups excluding tert-OH is 1. The average Bonchev–Trinajstić information content (AvgIpc) is 3.33. The Bertz CT molecular complexity index is 572. The minimum Gasteiger partial charge on any atom is -0.393 e. The van der Waals surface area contributed by atoms with Crippen LogP contribution in [0.1, 0.15) is 67.9 Å². The van der Waals surface area contributed by atoms with Gasteiger partial charge in [0.25, 0.3) is 5.91 Å². The molecule has 1 aromatic rings. The van der Waals surface area contributed by atoms with Gasteiger partial charge in [-0.3, -0.25) is 9.48 Å². The van der Waals surface area contributed by atoms with Crippen molar-refractivity contribution in [3.8, 4) is 0 Å². The van der Waals surface area contributed by atoms with Gasteiger partial charge < -0.3 is 15.3 Å². The Hall–Kier alpha value is -1.40.